The molecule has 0 spiro atoms. The van der Waals surface area contributed by atoms with Crippen molar-refractivity contribution in [2.45, 2.75) is 51.1 Å². The number of likely N-dealkylation sites (tertiary alicyclic amines) is 1. The molecule has 0 aliphatic carbocycles. The summed E-state index contributed by atoms with van der Waals surface area (Å²) in [6.45, 7) is 6.44. The molecule has 1 aromatic carbocycles. The summed E-state index contributed by atoms with van der Waals surface area (Å²) in [6, 6.07) is 4.81. The fraction of sp³-hybridized carbons (Fsp3) is 0.625. The zero-order valence-corrected chi connectivity index (χ0v) is 14.4. The van der Waals surface area contributed by atoms with Gasteiger partial charge in [-0.15, -0.1) is 0 Å². The number of piperidine rings is 1. The second-order valence-electron chi connectivity index (χ2n) is 6.02. The average molecular weight is 358 g/mol. The van der Waals surface area contributed by atoms with E-state index in [4.69, 9.17) is 5.84 Å². The maximum Gasteiger partial charge on any atom is 0.128 e. The normalized spacial score (nSPS) is 21.0. The van der Waals surface area contributed by atoms with Gasteiger partial charge >= 0.3 is 0 Å². The minimum Gasteiger partial charge on any atom is -0.296 e. The summed E-state index contributed by atoms with van der Waals surface area (Å²) in [7, 11) is 0. The van der Waals surface area contributed by atoms with E-state index in [-0.39, 0.29) is 17.4 Å². The number of nitrogens with one attached hydrogen (secondary N) is 1. The van der Waals surface area contributed by atoms with Crippen molar-refractivity contribution < 1.29 is 4.39 Å². The van der Waals surface area contributed by atoms with E-state index in [1.165, 1.54) is 25.3 Å². The summed E-state index contributed by atoms with van der Waals surface area (Å²) >= 11 is 3.43. The number of hydrogen-bond donors (Lipinski definition) is 2. The molecular weight excluding hydrogens is 333 g/mol. The lowest BCUT2D eigenvalue weighted by molar-refractivity contribution is 0.0413. The Balaban J connectivity index is 2.38. The molecule has 2 rings (SSSR count). The van der Waals surface area contributed by atoms with Gasteiger partial charge < -0.3 is 0 Å². The first kappa shape index (κ1) is 16.9. The minimum atomic E-state index is -0.238. The van der Waals surface area contributed by atoms with Crippen LogP contribution in [0.25, 0.3) is 0 Å². The van der Waals surface area contributed by atoms with Gasteiger partial charge in [0, 0.05) is 15.6 Å². The lowest BCUT2D eigenvalue weighted by Crippen LogP contribution is -2.57. The highest BCUT2D eigenvalue weighted by Gasteiger charge is 2.40. The molecule has 0 amide bonds. The third-order valence-corrected chi connectivity index (χ3v) is 5.35. The van der Waals surface area contributed by atoms with E-state index in [9.17, 15) is 4.39 Å². The van der Waals surface area contributed by atoms with Crippen molar-refractivity contribution in [2.24, 2.45) is 5.84 Å². The molecule has 21 heavy (non-hydrogen) atoms. The van der Waals surface area contributed by atoms with Crippen molar-refractivity contribution in [1.29, 1.82) is 0 Å². The Morgan fingerprint density at radius 1 is 1.38 bits per heavy atom. The molecule has 1 aliphatic rings. The van der Waals surface area contributed by atoms with E-state index in [0.29, 0.717) is 5.56 Å². The second kappa shape index (κ2) is 7.18. The molecule has 1 heterocycles. The van der Waals surface area contributed by atoms with E-state index >= 15 is 0 Å². The van der Waals surface area contributed by atoms with Crippen LogP contribution in [-0.2, 0) is 0 Å². The average Bonchev–Trinajstić information content (AvgIpc) is 2.52. The number of rotatable bonds is 5. The molecule has 1 aromatic rings. The van der Waals surface area contributed by atoms with Crippen LogP contribution in [0, 0.1) is 5.82 Å². The maximum atomic E-state index is 14.3. The number of halogens is 2. The van der Waals surface area contributed by atoms with Crippen LogP contribution in [0.3, 0.4) is 0 Å². The third kappa shape index (κ3) is 3.47. The summed E-state index contributed by atoms with van der Waals surface area (Å²) in [6.07, 6.45) is 4.60. The van der Waals surface area contributed by atoms with Gasteiger partial charge in [-0.1, -0.05) is 29.3 Å². The third-order valence-electron chi connectivity index (χ3n) is 4.85. The minimum absolute atomic E-state index is 0.198. The van der Waals surface area contributed by atoms with E-state index in [1.807, 2.05) is 6.07 Å². The SMILES string of the molecule is CCC(C)(C(NN)c1cc(Br)ccc1F)N1CCCCC1. The Hall–Kier alpha value is -0.490. The molecule has 0 aromatic heterocycles. The first-order valence-electron chi connectivity index (χ1n) is 7.69. The molecule has 0 saturated carbocycles. The quantitative estimate of drug-likeness (QED) is 0.622. The Labute approximate surface area is 135 Å². The van der Waals surface area contributed by atoms with Gasteiger partial charge in [-0.3, -0.25) is 16.2 Å². The summed E-state index contributed by atoms with van der Waals surface area (Å²) in [5.41, 5.74) is 3.30. The smallest absolute Gasteiger partial charge is 0.128 e. The summed E-state index contributed by atoms with van der Waals surface area (Å²) in [5.74, 6) is 5.62. The van der Waals surface area contributed by atoms with Gasteiger partial charge in [-0.2, -0.15) is 0 Å². The predicted octanol–water partition coefficient (Wildman–Crippen LogP) is 3.75. The molecule has 1 fully saturated rings. The van der Waals surface area contributed by atoms with E-state index in [1.54, 1.807) is 6.07 Å². The van der Waals surface area contributed by atoms with Crippen molar-refractivity contribution in [3.8, 4) is 0 Å². The van der Waals surface area contributed by atoms with Crippen LogP contribution in [0.5, 0.6) is 0 Å². The molecule has 2 atom stereocenters. The predicted molar refractivity (Wildman–Crippen MR) is 88.3 cm³/mol. The fourth-order valence-electron chi connectivity index (χ4n) is 3.36. The molecule has 5 heteroatoms. The molecule has 1 aliphatic heterocycles. The molecule has 2 unspecified atom stereocenters. The van der Waals surface area contributed by atoms with Gasteiger partial charge in [0.15, 0.2) is 0 Å². The second-order valence-corrected chi connectivity index (χ2v) is 6.94. The molecule has 3 N–H and O–H groups in total. The van der Waals surface area contributed by atoms with Crippen LogP contribution in [0.4, 0.5) is 4.39 Å². The first-order valence-corrected chi connectivity index (χ1v) is 8.48. The van der Waals surface area contributed by atoms with E-state index in [2.05, 4.69) is 40.1 Å². The summed E-state index contributed by atoms with van der Waals surface area (Å²) in [5, 5.41) is 0. The highest BCUT2D eigenvalue weighted by atomic mass is 79.9. The Morgan fingerprint density at radius 2 is 2.05 bits per heavy atom. The topological polar surface area (TPSA) is 41.3 Å². The van der Waals surface area contributed by atoms with Crippen LogP contribution >= 0.6 is 15.9 Å². The highest BCUT2D eigenvalue weighted by molar-refractivity contribution is 9.10. The van der Waals surface area contributed by atoms with Gasteiger partial charge in [0.25, 0.3) is 0 Å². The van der Waals surface area contributed by atoms with Crippen molar-refractivity contribution >= 4 is 15.9 Å². The Bertz CT molecular complexity index is 477. The molecule has 0 bridgehead atoms. The van der Waals surface area contributed by atoms with Crippen molar-refractivity contribution in [1.82, 2.24) is 10.3 Å². The van der Waals surface area contributed by atoms with Crippen LogP contribution in [0.1, 0.15) is 51.1 Å². The zero-order valence-electron chi connectivity index (χ0n) is 12.8. The number of hydrazine groups is 1. The van der Waals surface area contributed by atoms with Crippen LogP contribution < -0.4 is 11.3 Å². The molecule has 0 radical (unpaired) electrons. The lowest BCUT2D eigenvalue weighted by Gasteiger charge is -2.48. The van der Waals surface area contributed by atoms with Crippen LogP contribution in [0.2, 0.25) is 0 Å². The molecule has 118 valence electrons. The van der Waals surface area contributed by atoms with Gasteiger partial charge in [0.1, 0.15) is 5.82 Å². The van der Waals surface area contributed by atoms with Gasteiger partial charge in [-0.05, 0) is 57.5 Å². The van der Waals surface area contributed by atoms with E-state index in [0.717, 1.165) is 24.0 Å². The van der Waals surface area contributed by atoms with Crippen molar-refractivity contribution in [3.63, 3.8) is 0 Å². The number of nitrogens with zero attached hydrogens (tertiary/aromatic N) is 1. The number of benzene rings is 1. The van der Waals surface area contributed by atoms with Crippen LogP contribution in [-0.4, -0.2) is 23.5 Å². The fourth-order valence-corrected chi connectivity index (χ4v) is 3.73. The van der Waals surface area contributed by atoms with E-state index < -0.39 is 0 Å². The lowest BCUT2D eigenvalue weighted by atomic mass is 9.82. The standard InChI is InChI=1S/C16H25BrFN3/c1-3-16(2,21-9-5-4-6-10-21)15(20-19)13-11-12(17)7-8-14(13)18/h7-8,11,15,20H,3-6,9-10,19H2,1-2H3. The highest BCUT2D eigenvalue weighted by Crippen LogP contribution is 2.37. The van der Waals surface area contributed by atoms with Crippen LogP contribution in [0.15, 0.2) is 22.7 Å². The van der Waals surface area contributed by atoms with Crippen molar-refractivity contribution in [3.05, 3.63) is 34.1 Å². The zero-order chi connectivity index (χ0) is 15.5. The number of hydrogen-bond acceptors (Lipinski definition) is 3. The first-order chi connectivity index (χ1) is 10.0. The Kier molecular flexibility index (Phi) is 5.77. The monoisotopic (exact) mass is 357 g/mol. The van der Waals surface area contributed by atoms with Crippen molar-refractivity contribution in [2.75, 3.05) is 13.1 Å². The summed E-state index contributed by atoms with van der Waals surface area (Å²) in [4.78, 5) is 2.46. The largest absolute Gasteiger partial charge is 0.296 e. The van der Waals surface area contributed by atoms with Gasteiger partial charge in [0.05, 0.1) is 6.04 Å². The maximum absolute atomic E-state index is 14.3. The molecule has 3 nitrogen and oxygen atoms in total. The van der Waals surface area contributed by atoms with Gasteiger partial charge in [-0.25, -0.2) is 4.39 Å². The van der Waals surface area contributed by atoms with Gasteiger partial charge in [0.2, 0.25) is 0 Å². The Morgan fingerprint density at radius 3 is 2.62 bits per heavy atom. The molecular formula is C16H25BrFN3. The number of nitrogens with two attached hydrogens (primary N) is 1. The summed E-state index contributed by atoms with van der Waals surface area (Å²) < 4.78 is 15.2. The molecule has 1 saturated heterocycles.